The van der Waals surface area contributed by atoms with Gasteiger partial charge < -0.3 is 14.8 Å². The molecule has 4 aromatic rings. The van der Waals surface area contributed by atoms with Gasteiger partial charge in [0, 0.05) is 24.2 Å². The highest BCUT2D eigenvalue weighted by atomic mass is 16.5. The number of fused-ring (bicyclic) bond motifs is 1. The number of aryl methyl sites for hydroxylation is 2. The van der Waals surface area contributed by atoms with Crippen molar-refractivity contribution in [2.45, 2.75) is 20.0 Å². The summed E-state index contributed by atoms with van der Waals surface area (Å²) in [4.78, 5) is 30.6. The average Bonchev–Trinajstić information content (AvgIpc) is 3.12. The van der Waals surface area contributed by atoms with Crippen molar-refractivity contribution in [1.82, 2.24) is 14.8 Å². The van der Waals surface area contributed by atoms with Crippen LogP contribution in [-0.2, 0) is 16.6 Å². The molecular weight excluding hydrogens is 420 g/mol. The molecule has 1 amide bonds. The van der Waals surface area contributed by atoms with E-state index >= 15 is 0 Å². The summed E-state index contributed by atoms with van der Waals surface area (Å²) in [5.74, 6) is -0.615. The maximum absolute atomic E-state index is 13.2. The minimum atomic E-state index is -1.17. The molecule has 1 unspecified atom stereocenters. The van der Waals surface area contributed by atoms with Gasteiger partial charge in [-0.2, -0.15) is 5.10 Å². The van der Waals surface area contributed by atoms with Crippen molar-refractivity contribution in [3.63, 3.8) is 0 Å². The molecule has 8 nitrogen and oxygen atoms in total. The first-order chi connectivity index (χ1) is 16.0. The molecule has 2 heterocycles. The number of amides is 1. The second-order valence-corrected chi connectivity index (χ2v) is 7.42. The Morgan fingerprint density at radius 3 is 2.58 bits per heavy atom. The molecule has 4 rings (SSSR count). The SMILES string of the molecule is CCOc1ccccc1NC(=O)C(OC(=O)c1cnc2c(c1)c(C)nn2C)c1ccccc1. The van der Waals surface area contributed by atoms with Crippen LogP contribution >= 0.6 is 0 Å². The lowest BCUT2D eigenvalue weighted by atomic mass is 10.1. The molecule has 1 N–H and O–H groups in total. The van der Waals surface area contributed by atoms with Gasteiger partial charge in [-0.15, -0.1) is 0 Å². The summed E-state index contributed by atoms with van der Waals surface area (Å²) in [6, 6.07) is 17.6. The topological polar surface area (TPSA) is 95.3 Å². The number of esters is 1. The third-order valence-corrected chi connectivity index (χ3v) is 5.11. The van der Waals surface area contributed by atoms with E-state index in [9.17, 15) is 9.59 Å². The highest BCUT2D eigenvalue weighted by Crippen LogP contribution is 2.27. The molecule has 8 heteroatoms. The zero-order valence-electron chi connectivity index (χ0n) is 18.6. The number of rotatable bonds is 7. The van der Waals surface area contributed by atoms with Crippen LogP contribution in [0.5, 0.6) is 5.75 Å². The molecule has 2 aromatic heterocycles. The fourth-order valence-electron chi connectivity index (χ4n) is 3.54. The first kappa shape index (κ1) is 22.0. The molecule has 2 aromatic carbocycles. The van der Waals surface area contributed by atoms with Gasteiger partial charge in [-0.05, 0) is 32.0 Å². The number of aromatic nitrogens is 3. The quantitative estimate of drug-likeness (QED) is 0.429. The van der Waals surface area contributed by atoms with Crippen molar-refractivity contribution in [1.29, 1.82) is 0 Å². The molecule has 0 aliphatic carbocycles. The van der Waals surface area contributed by atoms with Crippen LogP contribution in [0, 0.1) is 6.92 Å². The molecule has 0 fully saturated rings. The normalized spacial score (nSPS) is 11.7. The predicted octanol–water partition coefficient (Wildman–Crippen LogP) is 4.21. The van der Waals surface area contributed by atoms with Crippen molar-refractivity contribution in [2.75, 3.05) is 11.9 Å². The summed E-state index contributed by atoms with van der Waals surface area (Å²) in [5, 5.41) is 7.89. The smallest absolute Gasteiger partial charge is 0.340 e. The van der Waals surface area contributed by atoms with Gasteiger partial charge in [0.05, 0.1) is 23.6 Å². The minimum Gasteiger partial charge on any atom is -0.492 e. The Morgan fingerprint density at radius 2 is 1.82 bits per heavy atom. The highest BCUT2D eigenvalue weighted by Gasteiger charge is 2.27. The number of anilines is 1. The van der Waals surface area contributed by atoms with E-state index in [1.165, 1.54) is 6.20 Å². The number of ether oxygens (including phenoxy) is 2. The van der Waals surface area contributed by atoms with Gasteiger partial charge in [0.2, 0.25) is 6.10 Å². The van der Waals surface area contributed by atoms with Crippen LogP contribution in [0.1, 0.15) is 34.6 Å². The van der Waals surface area contributed by atoms with Crippen LogP contribution in [-0.4, -0.2) is 33.2 Å². The highest BCUT2D eigenvalue weighted by molar-refractivity contribution is 5.99. The van der Waals surface area contributed by atoms with Crippen LogP contribution in [0.15, 0.2) is 66.9 Å². The number of nitrogens with one attached hydrogen (secondary N) is 1. The van der Waals surface area contributed by atoms with Crippen LogP contribution < -0.4 is 10.1 Å². The number of hydrogen-bond donors (Lipinski definition) is 1. The monoisotopic (exact) mass is 444 g/mol. The Hall–Kier alpha value is -4.20. The number of nitrogens with zero attached hydrogens (tertiary/aromatic N) is 3. The standard InChI is InChI=1S/C25H24N4O4/c1-4-32-21-13-9-8-12-20(21)27-24(30)22(17-10-6-5-7-11-17)33-25(31)18-14-19-16(2)28-29(3)23(19)26-15-18/h5-15,22H,4H2,1-3H3,(H,27,30). The van der Waals surface area contributed by atoms with Crippen LogP contribution in [0.4, 0.5) is 5.69 Å². The molecule has 0 aliphatic heterocycles. The van der Waals surface area contributed by atoms with E-state index in [-0.39, 0.29) is 5.56 Å². The van der Waals surface area contributed by atoms with Gasteiger partial charge in [-0.1, -0.05) is 42.5 Å². The Balaban J connectivity index is 1.62. The van der Waals surface area contributed by atoms with E-state index in [2.05, 4.69) is 15.4 Å². The summed E-state index contributed by atoms with van der Waals surface area (Å²) in [7, 11) is 1.79. The third kappa shape index (κ3) is 4.69. The van der Waals surface area contributed by atoms with Crippen LogP contribution in [0.25, 0.3) is 11.0 Å². The predicted molar refractivity (Wildman–Crippen MR) is 124 cm³/mol. The van der Waals surface area contributed by atoms with Gasteiger partial charge in [-0.25, -0.2) is 9.78 Å². The molecule has 0 saturated heterocycles. The summed E-state index contributed by atoms with van der Waals surface area (Å²) in [6.45, 7) is 4.16. The summed E-state index contributed by atoms with van der Waals surface area (Å²) in [5.41, 5.74) is 2.69. The number of carbonyl (C=O) groups is 2. The maximum Gasteiger partial charge on any atom is 0.340 e. The van der Waals surface area contributed by atoms with Crippen LogP contribution in [0.2, 0.25) is 0 Å². The van der Waals surface area contributed by atoms with E-state index in [4.69, 9.17) is 9.47 Å². The molecule has 0 bridgehead atoms. The lowest BCUT2D eigenvalue weighted by Gasteiger charge is -2.19. The Bertz CT molecular complexity index is 1300. The van der Waals surface area contributed by atoms with Crippen LogP contribution in [0.3, 0.4) is 0 Å². The number of hydrogen-bond acceptors (Lipinski definition) is 6. The van der Waals surface area contributed by atoms with E-state index in [1.807, 2.05) is 26.0 Å². The summed E-state index contributed by atoms with van der Waals surface area (Å²) < 4.78 is 12.9. The second-order valence-electron chi connectivity index (χ2n) is 7.42. The Morgan fingerprint density at radius 1 is 1.09 bits per heavy atom. The van der Waals surface area contributed by atoms with Crippen molar-refractivity contribution >= 4 is 28.6 Å². The van der Waals surface area contributed by atoms with Gasteiger partial charge >= 0.3 is 5.97 Å². The van der Waals surface area contributed by atoms with E-state index in [0.29, 0.717) is 29.3 Å². The van der Waals surface area contributed by atoms with Crippen molar-refractivity contribution in [3.05, 3.63) is 83.7 Å². The zero-order valence-corrected chi connectivity index (χ0v) is 18.6. The minimum absolute atomic E-state index is 0.238. The van der Waals surface area contributed by atoms with Crippen molar-refractivity contribution in [3.8, 4) is 5.75 Å². The average molecular weight is 444 g/mol. The molecule has 33 heavy (non-hydrogen) atoms. The number of pyridine rings is 1. The molecule has 168 valence electrons. The molecule has 0 aliphatic rings. The number of benzene rings is 2. The first-order valence-corrected chi connectivity index (χ1v) is 10.6. The molecule has 1 atom stereocenters. The Labute approximate surface area is 191 Å². The molecule has 0 radical (unpaired) electrons. The second kappa shape index (κ2) is 9.52. The summed E-state index contributed by atoms with van der Waals surface area (Å²) >= 11 is 0. The fraction of sp³-hybridized carbons (Fsp3) is 0.200. The third-order valence-electron chi connectivity index (χ3n) is 5.11. The largest absolute Gasteiger partial charge is 0.492 e. The fourth-order valence-corrected chi connectivity index (χ4v) is 3.54. The van der Waals surface area contributed by atoms with E-state index in [1.54, 1.807) is 60.3 Å². The maximum atomic E-state index is 13.2. The van der Waals surface area contributed by atoms with Gasteiger partial charge in [0.25, 0.3) is 5.91 Å². The molecule has 0 saturated carbocycles. The van der Waals surface area contributed by atoms with Gasteiger partial charge in [-0.3, -0.25) is 9.48 Å². The van der Waals surface area contributed by atoms with Gasteiger partial charge in [0.15, 0.2) is 5.65 Å². The van der Waals surface area contributed by atoms with Gasteiger partial charge in [0.1, 0.15) is 5.75 Å². The van der Waals surface area contributed by atoms with Crippen molar-refractivity contribution in [2.24, 2.45) is 7.05 Å². The first-order valence-electron chi connectivity index (χ1n) is 10.6. The Kier molecular flexibility index (Phi) is 6.35. The van der Waals surface area contributed by atoms with E-state index < -0.39 is 18.0 Å². The van der Waals surface area contributed by atoms with Crippen molar-refractivity contribution < 1.29 is 19.1 Å². The lowest BCUT2D eigenvalue weighted by Crippen LogP contribution is -2.26. The zero-order chi connectivity index (χ0) is 23.4. The summed E-state index contributed by atoms with van der Waals surface area (Å²) in [6.07, 6.45) is 0.259. The lowest BCUT2D eigenvalue weighted by molar-refractivity contribution is -0.125. The van der Waals surface area contributed by atoms with E-state index in [0.717, 1.165) is 11.1 Å². The number of carbonyl (C=O) groups excluding carboxylic acids is 2. The molecule has 0 spiro atoms. The number of para-hydroxylation sites is 2. The molecular formula is C25H24N4O4.